The molecule has 5 nitrogen and oxygen atoms in total. The number of hydrogen-bond donors (Lipinski definition) is 2. The average molecular weight is 397 g/mol. The van der Waals surface area contributed by atoms with Crippen LogP contribution in [-0.4, -0.2) is 45.9 Å². The lowest BCUT2D eigenvalue weighted by atomic mass is 9.79. The number of aryl methyl sites for hydroxylation is 1. The van der Waals surface area contributed by atoms with E-state index in [0.29, 0.717) is 13.2 Å². The molecule has 27 heavy (non-hydrogen) atoms. The van der Waals surface area contributed by atoms with E-state index in [1.807, 2.05) is 0 Å². The first-order valence-corrected chi connectivity index (χ1v) is 9.79. The molecule has 2 N–H and O–H groups in total. The Morgan fingerprint density at radius 1 is 1.30 bits per heavy atom. The van der Waals surface area contributed by atoms with E-state index in [1.165, 1.54) is 5.56 Å². The minimum Gasteiger partial charge on any atom is -0.384 e. The van der Waals surface area contributed by atoms with E-state index in [9.17, 15) is 4.79 Å². The molecule has 1 aromatic rings. The largest absolute Gasteiger partial charge is 0.384 e. The highest BCUT2D eigenvalue weighted by Gasteiger charge is 2.36. The molecule has 2 aliphatic heterocycles. The van der Waals surface area contributed by atoms with Gasteiger partial charge in [0.2, 0.25) is 5.91 Å². The molecule has 152 valence electrons. The zero-order valence-corrected chi connectivity index (χ0v) is 17.3. The topological polar surface area (TPSA) is 59.6 Å². The number of halogens is 1. The van der Waals surface area contributed by atoms with Gasteiger partial charge in [0.15, 0.2) is 0 Å². The molecule has 0 aromatic heterocycles. The van der Waals surface area contributed by atoms with Crippen LogP contribution in [-0.2, 0) is 14.3 Å². The van der Waals surface area contributed by atoms with Crippen molar-refractivity contribution in [3.63, 3.8) is 0 Å². The number of carbonyl (C=O) groups is 1. The van der Waals surface area contributed by atoms with Crippen molar-refractivity contribution in [3.05, 3.63) is 35.4 Å². The number of amides is 1. The predicted octanol–water partition coefficient (Wildman–Crippen LogP) is 3.02. The first-order chi connectivity index (χ1) is 12.6. The SMILES string of the molecule is COCC1(CNC(=O)C2CCCOC2c2ccc(C)cc2)CCNCC1.Cl. The number of nitrogens with one attached hydrogen (secondary N) is 2. The van der Waals surface area contributed by atoms with Crippen molar-refractivity contribution in [2.24, 2.45) is 11.3 Å². The second-order valence-corrected chi connectivity index (χ2v) is 7.85. The fraction of sp³-hybridized carbons (Fsp3) is 0.667. The van der Waals surface area contributed by atoms with Crippen LogP contribution in [0.3, 0.4) is 0 Å². The molecule has 0 spiro atoms. The Kier molecular flexibility index (Phi) is 8.55. The molecule has 0 radical (unpaired) electrons. The minimum absolute atomic E-state index is 0. The highest BCUT2D eigenvalue weighted by molar-refractivity contribution is 5.85. The van der Waals surface area contributed by atoms with Gasteiger partial charge < -0.3 is 20.1 Å². The minimum atomic E-state index is -0.143. The summed E-state index contributed by atoms with van der Waals surface area (Å²) >= 11 is 0. The van der Waals surface area contributed by atoms with Crippen molar-refractivity contribution in [2.75, 3.05) is 40.0 Å². The highest BCUT2D eigenvalue weighted by Crippen LogP contribution is 2.34. The van der Waals surface area contributed by atoms with Gasteiger partial charge in [0, 0.05) is 25.7 Å². The number of piperidine rings is 1. The summed E-state index contributed by atoms with van der Waals surface area (Å²) in [5, 5.41) is 6.63. The summed E-state index contributed by atoms with van der Waals surface area (Å²) in [6, 6.07) is 8.35. The smallest absolute Gasteiger partial charge is 0.226 e. The Balaban J connectivity index is 0.00000261. The molecule has 1 amide bonds. The average Bonchev–Trinajstić information content (AvgIpc) is 2.68. The Bertz CT molecular complexity index is 582. The van der Waals surface area contributed by atoms with Crippen molar-refractivity contribution in [1.82, 2.24) is 10.6 Å². The first kappa shape index (κ1) is 22.2. The molecule has 0 bridgehead atoms. The zero-order chi connectivity index (χ0) is 18.4. The number of methoxy groups -OCH3 is 1. The number of benzene rings is 1. The van der Waals surface area contributed by atoms with Gasteiger partial charge in [0.05, 0.1) is 18.6 Å². The van der Waals surface area contributed by atoms with E-state index in [4.69, 9.17) is 9.47 Å². The third kappa shape index (κ3) is 5.67. The summed E-state index contributed by atoms with van der Waals surface area (Å²) in [5.74, 6) is -0.00273. The van der Waals surface area contributed by atoms with Gasteiger partial charge in [0.1, 0.15) is 0 Å². The van der Waals surface area contributed by atoms with Crippen molar-refractivity contribution in [2.45, 2.75) is 38.7 Å². The fourth-order valence-electron chi connectivity index (χ4n) is 4.18. The Morgan fingerprint density at radius 3 is 2.67 bits per heavy atom. The Hall–Kier alpha value is -1.14. The standard InChI is InChI=1S/C21H32N2O3.ClH/c1-16-5-7-17(8-6-16)19-18(4-3-13-26-19)20(24)23-14-21(15-25-2)9-11-22-12-10-21;/h5-8,18-19,22H,3-4,9-15H2,1-2H3,(H,23,24);1H. The molecule has 0 aliphatic carbocycles. The quantitative estimate of drug-likeness (QED) is 0.776. The molecule has 3 rings (SSSR count). The van der Waals surface area contributed by atoms with Crippen molar-refractivity contribution in [1.29, 1.82) is 0 Å². The monoisotopic (exact) mass is 396 g/mol. The van der Waals surface area contributed by atoms with Crippen molar-refractivity contribution >= 4 is 18.3 Å². The summed E-state index contributed by atoms with van der Waals surface area (Å²) in [4.78, 5) is 13.0. The normalized spacial score (nSPS) is 24.7. The van der Waals surface area contributed by atoms with E-state index < -0.39 is 0 Å². The summed E-state index contributed by atoms with van der Waals surface area (Å²) < 4.78 is 11.5. The maximum absolute atomic E-state index is 13.0. The molecule has 6 heteroatoms. The second-order valence-electron chi connectivity index (χ2n) is 7.85. The van der Waals surface area contributed by atoms with Crippen LogP contribution in [0.4, 0.5) is 0 Å². The van der Waals surface area contributed by atoms with E-state index in [-0.39, 0.29) is 35.8 Å². The van der Waals surface area contributed by atoms with Gasteiger partial charge in [-0.15, -0.1) is 12.4 Å². The molecular formula is C21H33ClN2O3. The maximum atomic E-state index is 13.0. The van der Waals surface area contributed by atoms with E-state index in [2.05, 4.69) is 41.8 Å². The lowest BCUT2D eigenvalue weighted by molar-refractivity contribution is -0.135. The van der Waals surface area contributed by atoms with Crippen LogP contribution in [0.5, 0.6) is 0 Å². The van der Waals surface area contributed by atoms with Gasteiger partial charge in [-0.1, -0.05) is 29.8 Å². The van der Waals surface area contributed by atoms with Gasteiger partial charge in [-0.2, -0.15) is 0 Å². The molecule has 2 atom stereocenters. The summed E-state index contributed by atoms with van der Waals surface area (Å²) in [5.41, 5.74) is 2.37. The van der Waals surface area contributed by atoms with E-state index in [0.717, 1.165) is 50.9 Å². The summed E-state index contributed by atoms with van der Waals surface area (Å²) in [6.45, 7) is 6.14. The van der Waals surface area contributed by atoms with Gasteiger partial charge in [0.25, 0.3) is 0 Å². The molecule has 1 aromatic carbocycles. The van der Waals surface area contributed by atoms with Crippen LogP contribution < -0.4 is 10.6 Å². The highest BCUT2D eigenvalue weighted by atomic mass is 35.5. The number of carbonyl (C=O) groups excluding carboxylic acids is 1. The lowest BCUT2D eigenvalue weighted by Crippen LogP contribution is -2.49. The Labute approximate surface area is 169 Å². The maximum Gasteiger partial charge on any atom is 0.226 e. The molecule has 2 unspecified atom stereocenters. The van der Waals surface area contributed by atoms with E-state index in [1.54, 1.807) is 7.11 Å². The lowest BCUT2D eigenvalue weighted by Gasteiger charge is -2.38. The van der Waals surface area contributed by atoms with Crippen LogP contribution in [0.25, 0.3) is 0 Å². The molecule has 0 saturated carbocycles. The summed E-state index contributed by atoms with van der Waals surface area (Å²) in [6.07, 6.45) is 3.74. The second kappa shape index (κ2) is 10.4. The molecule has 2 heterocycles. The number of ether oxygens (including phenoxy) is 2. The van der Waals surface area contributed by atoms with Crippen LogP contribution in [0.1, 0.15) is 42.9 Å². The van der Waals surface area contributed by atoms with E-state index >= 15 is 0 Å². The van der Waals surface area contributed by atoms with Gasteiger partial charge in [-0.3, -0.25) is 4.79 Å². The summed E-state index contributed by atoms with van der Waals surface area (Å²) in [7, 11) is 1.74. The number of rotatable bonds is 6. The van der Waals surface area contributed by atoms with Gasteiger partial charge in [-0.05, 0) is 51.3 Å². The third-order valence-electron chi connectivity index (χ3n) is 5.82. The van der Waals surface area contributed by atoms with Crippen LogP contribution in [0, 0.1) is 18.3 Å². The molecule has 2 fully saturated rings. The molecule has 2 aliphatic rings. The first-order valence-electron chi connectivity index (χ1n) is 9.79. The zero-order valence-electron chi connectivity index (χ0n) is 16.5. The van der Waals surface area contributed by atoms with Crippen LogP contribution in [0.2, 0.25) is 0 Å². The Morgan fingerprint density at radius 2 is 2.00 bits per heavy atom. The van der Waals surface area contributed by atoms with Gasteiger partial charge >= 0.3 is 0 Å². The van der Waals surface area contributed by atoms with Crippen LogP contribution >= 0.6 is 12.4 Å². The fourth-order valence-corrected chi connectivity index (χ4v) is 4.18. The molecule has 2 saturated heterocycles. The van der Waals surface area contributed by atoms with Crippen molar-refractivity contribution in [3.8, 4) is 0 Å². The van der Waals surface area contributed by atoms with Crippen LogP contribution in [0.15, 0.2) is 24.3 Å². The predicted molar refractivity (Wildman–Crippen MR) is 109 cm³/mol. The third-order valence-corrected chi connectivity index (χ3v) is 5.82. The van der Waals surface area contributed by atoms with Crippen molar-refractivity contribution < 1.29 is 14.3 Å². The molecular weight excluding hydrogens is 364 g/mol. The number of hydrogen-bond acceptors (Lipinski definition) is 4. The van der Waals surface area contributed by atoms with Gasteiger partial charge in [-0.25, -0.2) is 0 Å².